The second-order valence-corrected chi connectivity index (χ2v) is 4.74. The fraction of sp³-hybridized carbons (Fsp3) is 0.0714. The third kappa shape index (κ3) is 1.81. The number of halogens is 1. The lowest BCUT2D eigenvalue weighted by molar-refractivity contribution is 0.405. The summed E-state index contributed by atoms with van der Waals surface area (Å²) in [6.45, 7) is 0. The number of benzene rings is 2. The summed E-state index contributed by atoms with van der Waals surface area (Å²) in [6, 6.07) is 10.2. The van der Waals surface area contributed by atoms with E-state index in [4.69, 9.17) is 11.6 Å². The minimum absolute atomic E-state index is 0.164. The minimum Gasteiger partial charge on any atom is -0.504 e. The molecule has 3 aromatic rings. The molecule has 3 rings (SSSR count). The lowest BCUT2D eigenvalue weighted by atomic mass is 10.2. The Morgan fingerprint density at radius 3 is 2.74 bits per heavy atom. The molecule has 0 aliphatic rings. The maximum atomic E-state index is 9.93. The average molecular weight is 275 g/mol. The molecule has 0 amide bonds. The fourth-order valence-electron chi connectivity index (χ4n) is 2.12. The predicted molar refractivity (Wildman–Crippen MR) is 74.5 cm³/mol. The van der Waals surface area contributed by atoms with Crippen LogP contribution >= 0.6 is 11.6 Å². The van der Waals surface area contributed by atoms with Crippen molar-refractivity contribution in [2.75, 3.05) is 0 Å². The molecule has 0 spiro atoms. The quantitative estimate of drug-likeness (QED) is 0.669. The van der Waals surface area contributed by atoms with Crippen LogP contribution in [0.4, 0.5) is 0 Å². The summed E-state index contributed by atoms with van der Waals surface area (Å²) < 4.78 is 1.83. The Morgan fingerprint density at radius 1 is 1.16 bits per heavy atom. The number of para-hydroxylation sites is 1. The van der Waals surface area contributed by atoms with E-state index in [2.05, 4.69) is 4.98 Å². The number of aryl methyl sites for hydroxylation is 1. The highest BCUT2D eigenvalue weighted by Crippen LogP contribution is 2.36. The number of hydrogen-bond acceptors (Lipinski definition) is 3. The topological polar surface area (TPSA) is 58.3 Å². The molecule has 0 unspecified atom stereocenters. The fourth-order valence-corrected chi connectivity index (χ4v) is 2.28. The monoisotopic (exact) mass is 274 g/mol. The van der Waals surface area contributed by atoms with Crippen LogP contribution in [-0.4, -0.2) is 19.8 Å². The third-order valence-corrected chi connectivity index (χ3v) is 3.33. The van der Waals surface area contributed by atoms with Crippen LogP contribution in [0, 0.1) is 0 Å². The standard InChI is InChI=1S/C14H11ClN2O2/c1-17-11-7-8(15)5-6-10(11)16-14(17)9-3-2-4-12(18)13(9)19/h2-7,18-19H,1H3. The van der Waals surface area contributed by atoms with Gasteiger partial charge in [-0.15, -0.1) is 0 Å². The van der Waals surface area contributed by atoms with Crippen molar-refractivity contribution >= 4 is 22.6 Å². The van der Waals surface area contributed by atoms with E-state index in [1.165, 1.54) is 6.07 Å². The number of phenols is 2. The van der Waals surface area contributed by atoms with Crippen LogP contribution in [0.15, 0.2) is 36.4 Å². The van der Waals surface area contributed by atoms with Crippen LogP contribution < -0.4 is 0 Å². The van der Waals surface area contributed by atoms with Crippen molar-refractivity contribution < 1.29 is 10.2 Å². The van der Waals surface area contributed by atoms with Crippen LogP contribution in [0.1, 0.15) is 0 Å². The zero-order valence-corrected chi connectivity index (χ0v) is 10.9. The Kier molecular flexibility index (Phi) is 2.61. The minimum atomic E-state index is -0.174. The van der Waals surface area contributed by atoms with Gasteiger partial charge in [-0.1, -0.05) is 17.7 Å². The first-order chi connectivity index (χ1) is 9.08. The zero-order chi connectivity index (χ0) is 13.6. The van der Waals surface area contributed by atoms with E-state index in [9.17, 15) is 10.2 Å². The second kappa shape index (κ2) is 4.17. The highest BCUT2D eigenvalue weighted by atomic mass is 35.5. The number of nitrogens with zero attached hydrogens (tertiary/aromatic N) is 2. The molecular formula is C14H11ClN2O2. The Labute approximate surface area is 114 Å². The van der Waals surface area contributed by atoms with Crippen LogP contribution in [0.5, 0.6) is 11.5 Å². The summed E-state index contributed by atoms with van der Waals surface area (Å²) in [7, 11) is 1.84. The normalized spacial score (nSPS) is 11.1. The van der Waals surface area contributed by atoms with Crippen LogP contribution in [-0.2, 0) is 7.05 Å². The number of aromatic nitrogens is 2. The first-order valence-electron chi connectivity index (χ1n) is 5.71. The number of aromatic hydroxyl groups is 2. The SMILES string of the molecule is Cn1c(-c2cccc(O)c2O)nc2ccc(Cl)cc21. The molecule has 2 aromatic carbocycles. The van der Waals surface area contributed by atoms with Crippen LogP contribution in [0.3, 0.4) is 0 Å². The summed E-state index contributed by atoms with van der Waals surface area (Å²) in [5, 5.41) is 20.1. The molecule has 19 heavy (non-hydrogen) atoms. The molecule has 0 bridgehead atoms. The van der Waals surface area contributed by atoms with Crippen molar-refractivity contribution in [2.45, 2.75) is 0 Å². The lowest BCUT2D eigenvalue weighted by Gasteiger charge is -2.06. The van der Waals surface area contributed by atoms with Gasteiger partial charge in [0.1, 0.15) is 5.82 Å². The van der Waals surface area contributed by atoms with Gasteiger partial charge < -0.3 is 14.8 Å². The van der Waals surface area contributed by atoms with Crippen LogP contribution in [0.25, 0.3) is 22.4 Å². The summed E-state index contributed by atoms with van der Waals surface area (Å²) in [6.07, 6.45) is 0. The molecular weight excluding hydrogens is 264 g/mol. The highest BCUT2D eigenvalue weighted by Gasteiger charge is 2.15. The van der Waals surface area contributed by atoms with Gasteiger partial charge in [-0.25, -0.2) is 4.98 Å². The molecule has 0 aliphatic heterocycles. The van der Waals surface area contributed by atoms with Gasteiger partial charge in [0.2, 0.25) is 0 Å². The molecule has 0 fully saturated rings. The largest absolute Gasteiger partial charge is 0.504 e. The summed E-state index contributed by atoms with van der Waals surface area (Å²) >= 11 is 5.97. The van der Waals surface area contributed by atoms with Crippen molar-refractivity contribution in [3.8, 4) is 22.9 Å². The molecule has 0 radical (unpaired) electrons. The van der Waals surface area contributed by atoms with Gasteiger partial charge in [0.05, 0.1) is 16.6 Å². The zero-order valence-electron chi connectivity index (χ0n) is 10.1. The number of fused-ring (bicyclic) bond motifs is 1. The third-order valence-electron chi connectivity index (χ3n) is 3.10. The number of rotatable bonds is 1. The first kappa shape index (κ1) is 11.9. The molecule has 1 aromatic heterocycles. The van der Waals surface area contributed by atoms with Gasteiger partial charge in [-0.05, 0) is 30.3 Å². The number of phenolic OH excluding ortho intramolecular Hbond substituents is 2. The molecule has 4 nitrogen and oxygen atoms in total. The average Bonchev–Trinajstić information content (AvgIpc) is 2.70. The van der Waals surface area contributed by atoms with Crippen LogP contribution in [0.2, 0.25) is 5.02 Å². The van der Waals surface area contributed by atoms with Crippen molar-refractivity contribution in [2.24, 2.45) is 7.05 Å². The van der Waals surface area contributed by atoms with Crippen molar-refractivity contribution in [1.29, 1.82) is 0 Å². The van der Waals surface area contributed by atoms with E-state index >= 15 is 0 Å². The Balaban J connectivity index is 2.31. The van der Waals surface area contributed by atoms with Crippen molar-refractivity contribution in [1.82, 2.24) is 9.55 Å². The van der Waals surface area contributed by atoms with Gasteiger partial charge in [0.15, 0.2) is 11.5 Å². The van der Waals surface area contributed by atoms with Gasteiger partial charge in [-0.2, -0.15) is 0 Å². The van der Waals surface area contributed by atoms with Gasteiger partial charge in [0, 0.05) is 12.1 Å². The van der Waals surface area contributed by atoms with Gasteiger partial charge in [0.25, 0.3) is 0 Å². The number of imidazole rings is 1. The van der Waals surface area contributed by atoms with Crippen molar-refractivity contribution in [3.05, 3.63) is 41.4 Å². The van der Waals surface area contributed by atoms with E-state index in [0.29, 0.717) is 16.4 Å². The Hall–Kier alpha value is -2.20. The lowest BCUT2D eigenvalue weighted by Crippen LogP contribution is -1.92. The molecule has 2 N–H and O–H groups in total. The number of hydrogen-bond donors (Lipinski definition) is 2. The van der Waals surface area contributed by atoms with E-state index in [1.807, 2.05) is 23.7 Å². The summed E-state index contributed by atoms with van der Waals surface area (Å²) in [5.74, 6) is 0.236. The molecule has 0 atom stereocenters. The van der Waals surface area contributed by atoms with Gasteiger partial charge >= 0.3 is 0 Å². The smallest absolute Gasteiger partial charge is 0.168 e. The molecule has 0 saturated carbocycles. The molecule has 0 saturated heterocycles. The van der Waals surface area contributed by atoms with E-state index in [0.717, 1.165) is 11.0 Å². The Morgan fingerprint density at radius 2 is 1.95 bits per heavy atom. The molecule has 1 heterocycles. The van der Waals surface area contributed by atoms with Gasteiger partial charge in [-0.3, -0.25) is 0 Å². The molecule has 5 heteroatoms. The predicted octanol–water partition coefficient (Wildman–Crippen LogP) is 3.30. The summed E-state index contributed by atoms with van der Waals surface area (Å²) in [5.41, 5.74) is 2.13. The van der Waals surface area contributed by atoms with E-state index < -0.39 is 0 Å². The van der Waals surface area contributed by atoms with E-state index in [-0.39, 0.29) is 11.5 Å². The summed E-state index contributed by atoms with van der Waals surface area (Å²) in [4.78, 5) is 4.46. The van der Waals surface area contributed by atoms with Crippen molar-refractivity contribution in [3.63, 3.8) is 0 Å². The molecule has 0 aliphatic carbocycles. The van der Waals surface area contributed by atoms with E-state index in [1.54, 1.807) is 18.2 Å². The first-order valence-corrected chi connectivity index (χ1v) is 6.09. The highest BCUT2D eigenvalue weighted by molar-refractivity contribution is 6.31. The molecule has 96 valence electrons. The Bertz CT molecular complexity index is 780. The maximum absolute atomic E-state index is 9.93. The second-order valence-electron chi connectivity index (χ2n) is 4.30. The maximum Gasteiger partial charge on any atom is 0.168 e.